The largest absolute Gasteiger partial charge is 0.0640 e. The Kier molecular flexibility index (Phi) is 4.14. The molecule has 0 bridgehead atoms. The van der Waals surface area contributed by atoms with Crippen molar-refractivity contribution in [3.63, 3.8) is 0 Å². The Morgan fingerprint density at radius 1 is 1.11 bits per heavy atom. The predicted molar refractivity (Wildman–Crippen MR) is 48.7 cm³/mol. The highest BCUT2D eigenvalue weighted by molar-refractivity contribution is 7.78. The molecule has 0 saturated heterocycles. The van der Waals surface area contributed by atoms with Crippen molar-refractivity contribution < 1.29 is 0 Å². The molecule has 0 heterocycles. The molecule has 0 aromatic rings. The molecule has 0 atom stereocenters. The molecule has 1 heteroatoms. The van der Waals surface area contributed by atoms with E-state index in [1.807, 2.05) is 0 Å². The second-order valence-electron chi connectivity index (χ2n) is 2.35. The van der Waals surface area contributed by atoms with Crippen LogP contribution in [0.4, 0.5) is 0 Å². The van der Waals surface area contributed by atoms with Gasteiger partial charge in [0, 0.05) is 7.26 Å². The van der Waals surface area contributed by atoms with Gasteiger partial charge in [-0.1, -0.05) is 6.58 Å². The summed E-state index contributed by atoms with van der Waals surface area (Å²) >= 11 is 0. The van der Waals surface area contributed by atoms with Gasteiger partial charge in [0.05, 0.1) is 24.3 Å². The van der Waals surface area contributed by atoms with Gasteiger partial charge in [-0.05, 0) is 20.8 Å². The van der Waals surface area contributed by atoms with Gasteiger partial charge in [-0.2, -0.15) is 0 Å². The third-order valence-electron chi connectivity index (χ3n) is 2.28. The van der Waals surface area contributed by atoms with Crippen LogP contribution in [0.15, 0.2) is 12.4 Å². The van der Waals surface area contributed by atoms with E-state index in [1.165, 1.54) is 18.5 Å². The minimum atomic E-state index is -0.656. The highest BCUT2D eigenvalue weighted by atomic mass is 31.2. The van der Waals surface area contributed by atoms with Crippen molar-refractivity contribution >= 4 is 7.26 Å². The molecule has 0 spiro atoms. The molecular formula is C8H18P+. The van der Waals surface area contributed by atoms with E-state index in [9.17, 15) is 0 Å². The normalized spacial score (nSPS) is 11.4. The molecule has 54 valence electrons. The Morgan fingerprint density at radius 3 is 1.44 bits per heavy atom. The van der Waals surface area contributed by atoms with Crippen molar-refractivity contribution in [2.45, 2.75) is 20.8 Å². The molecule has 9 heavy (non-hydrogen) atoms. The Labute approximate surface area is 59.7 Å². The van der Waals surface area contributed by atoms with Gasteiger partial charge in [-0.3, -0.25) is 0 Å². The maximum atomic E-state index is 3.90. The van der Waals surface area contributed by atoms with Gasteiger partial charge in [0.25, 0.3) is 0 Å². The van der Waals surface area contributed by atoms with Crippen LogP contribution < -0.4 is 0 Å². The molecule has 0 aliphatic rings. The zero-order valence-electron chi connectivity index (χ0n) is 6.85. The molecule has 0 amide bonds. The standard InChI is InChI=1S/C8H18P/c1-5-9(6-2,7-3)8-4/h5H,1,6-8H2,2-4H3/q+1. The molecule has 0 unspecified atom stereocenters. The van der Waals surface area contributed by atoms with Crippen LogP contribution >= 0.6 is 7.26 Å². The summed E-state index contributed by atoms with van der Waals surface area (Å²) in [6.07, 6.45) is 4.01. The third-order valence-corrected chi connectivity index (χ3v) is 6.83. The van der Waals surface area contributed by atoms with Crippen LogP contribution in [0.5, 0.6) is 0 Å². The Hall–Kier alpha value is 0.170. The number of rotatable bonds is 4. The van der Waals surface area contributed by atoms with Crippen molar-refractivity contribution in [1.29, 1.82) is 0 Å². The van der Waals surface area contributed by atoms with Crippen LogP contribution in [0.2, 0.25) is 0 Å². The minimum Gasteiger partial charge on any atom is -0.0640 e. The van der Waals surface area contributed by atoms with Gasteiger partial charge in [0.1, 0.15) is 0 Å². The van der Waals surface area contributed by atoms with Gasteiger partial charge in [0.15, 0.2) is 0 Å². The van der Waals surface area contributed by atoms with Crippen molar-refractivity contribution in [3.8, 4) is 0 Å². The summed E-state index contributed by atoms with van der Waals surface area (Å²) in [5.41, 5.74) is 0. The molecule has 0 radical (unpaired) electrons. The fourth-order valence-corrected chi connectivity index (χ4v) is 3.17. The van der Waals surface area contributed by atoms with Crippen molar-refractivity contribution in [3.05, 3.63) is 12.4 Å². The lowest BCUT2D eigenvalue weighted by atomic mass is 10.9. The summed E-state index contributed by atoms with van der Waals surface area (Å²) in [7, 11) is -0.656. The van der Waals surface area contributed by atoms with Gasteiger partial charge in [-0.15, -0.1) is 0 Å². The molecule has 0 rings (SSSR count). The average molecular weight is 145 g/mol. The van der Waals surface area contributed by atoms with E-state index in [0.717, 1.165) is 0 Å². The Morgan fingerprint density at radius 2 is 1.44 bits per heavy atom. The van der Waals surface area contributed by atoms with Crippen LogP contribution in [-0.4, -0.2) is 18.5 Å². The first-order valence-corrected chi connectivity index (χ1v) is 6.15. The summed E-state index contributed by atoms with van der Waals surface area (Å²) < 4.78 is 0. The van der Waals surface area contributed by atoms with Crippen LogP contribution in [0.25, 0.3) is 0 Å². The van der Waals surface area contributed by atoms with Gasteiger partial charge >= 0.3 is 0 Å². The first-order valence-electron chi connectivity index (χ1n) is 3.74. The average Bonchev–Trinajstić information content (AvgIpc) is 1.95. The fourth-order valence-electron chi connectivity index (χ4n) is 1.06. The maximum Gasteiger partial charge on any atom is 0.0607 e. The quantitative estimate of drug-likeness (QED) is 0.533. The molecular weight excluding hydrogens is 127 g/mol. The van der Waals surface area contributed by atoms with Crippen LogP contribution in [0.3, 0.4) is 0 Å². The summed E-state index contributed by atoms with van der Waals surface area (Å²) in [6.45, 7) is 10.7. The second kappa shape index (κ2) is 4.06. The Balaban J connectivity index is 3.98. The smallest absolute Gasteiger partial charge is 0.0607 e. The lowest BCUT2D eigenvalue weighted by Crippen LogP contribution is -1.97. The minimum absolute atomic E-state index is 0.656. The van der Waals surface area contributed by atoms with E-state index in [2.05, 4.69) is 33.2 Å². The van der Waals surface area contributed by atoms with Crippen molar-refractivity contribution in [1.82, 2.24) is 0 Å². The molecule has 0 aromatic heterocycles. The topological polar surface area (TPSA) is 0 Å². The molecule has 0 nitrogen and oxygen atoms in total. The number of hydrogen-bond acceptors (Lipinski definition) is 0. The second-order valence-corrected chi connectivity index (χ2v) is 7.05. The zero-order valence-corrected chi connectivity index (χ0v) is 7.75. The first kappa shape index (κ1) is 9.17. The molecule has 0 aliphatic carbocycles. The summed E-state index contributed by atoms with van der Waals surface area (Å²) in [5.74, 6) is 2.22. The third kappa shape index (κ3) is 2.10. The van der Waals surface area contributed by atoms with E-state index >= 15 is 0 Å². The van der Waals surface area contributed by atoms with Gasteiger partial charge in [-0.25, -0.2) is 0 Å². The molecule has 0 aromatic carbocycles. The van der Waals surface area contributed by atoms with E-state index in [0.29, 0.717) is 0 Å². The molecule has 0 saturated carbocycles. The van der Waals surface area contributed by atoms with Crippen LogP contribution in [-0.2, 0) is 0 Å². The van der Waals surface area contributed by atoms with Crippen molar-refractivity contribution in [2.75, 3.05) is 18.5 Å². The highest BCUT2D eigenvalue weighted by Crippen LogP contribution is 2.58. The van der Waals surface area contributed by atoms with Gasteiger partial charge < -0.3 is 0 Å². The van der Waals surface area contributed by atoms with E-state index in [4.69, 9.17) is 0 Å². The Bertz CT molecular complexity index is 74.3. The van der Waals surface area contributed by atoms with Crippen LogP contribution in [0, 0.1) is 0 Å². The van der Waals surface area contributed by atoms with E-state index in [1.54, 1.807) is 0 Å². The van der Waals surface area contributed by atoms with Crippen molar-refractivity contribution in [2.24, 2.45) is 0 Å². The maximum absolute atomic E-state index is 3.90. The molecule has 0 fully saturated rings. The monoisotopic (exact) mass is 145 g/mol. The lowest BCUT2D eigenvalue weighted by molar-refractivity contribution is 1.32. The van der Waals surface area contributed by atoms with Gasteiger partial charge in [0.2, 0.25) is 0 Å². The fraction of sp³-hybridized carbons (Fsp3) is 0.750. The first-order chi connectivity index (χ1) is 4.24. The highest BCUT2D eigenvalue weighted by Gasteiger charge is 2.26. The lowest BCUT2D eigenvalue weighted by Gasteiger charge is -2.17. The summed E-state index contributed by atoms with van der Waals surface area (Å²) in [6, 6.07) is 0. The van der Waals surface area contributed by atoms with E-state index < -0.39 is 7.26 Å². The predicted octanol–water partition coefficient (Wildman–Crippen LogP) is 3.21. The zero-order chi connectivity index (χ0) is 7.33. The SMILES string of the molecule is C=C[P+](CC)(CC)CC. The van der Waals surface area contributed by atoms with E-state index in [-0.39, 0.29) is 0 Å². The van der Waals surface area contributed by atoms with Crippen LogP contribution in [0.1, 0.15) is 20.8 Å². The number of hydrogen-bond donors (Lipinski definition) is 0. The molecule has 0 N–H and O–H groups in total. The summed E-state index contributed by atoms with van der Waals surface area (Å²) in [4.78, 5) is 0. The summed E-state index contributed by atoms with van der Waals surface area (Å²) in [5, 5.41) is 0. The molecule has 0 aliphatic heterocycles.